The van der Waals surface area contributed by atoms with E-state index in [1.54, 1.807) is 0 Å². The van der Waals surface area contributed by atoms with E-state index < -0.39 is 11.7 Å². The van der Waals surface area contributed by atoms with Gasteiger partial charge in [-0.2, -0.15) is 0 Å². The second kappa shape index (κ2) is 11.9. The normalized spacial score (nSPS) is 14.6. The third kappa shape index (κ3) is 6.40. The van der Waals surface area contributed by atoms with Crippen LogP contribution in [0.3, 0.4) is 0 Å². The second-order valence-corrected chi connectivity index (χ2v) is 10.7. The number of ether oxygens (including phenoxy) is 1. The van der Waals surface area contributed by atoms with Crippen LogP contribution in [0.2, 0.25) is 0 Å². The van der Waals surface area contributed by atoms with Crippen molar-refractivity contribution >= 4 is 23.3 Å². The summed E-state index contributed by atoms with van der Waals surface area (Å²) < 4.78 is 7.69. The zero-order valence-electron chi connectivity index (χ0n) is 22.3. The van der Waals surface area contributed by atoms with E-state index in [1.165, 1.54) is 37.3 Å². The van der Waals surface area contributed by atoms with Gasteiger partial charge < -0.3 is 14.6 Å². The van der Waals surface area contributed by atoms with Crippen LogP contribution >= 0.6 is 0 Å². The van der Waals surface area contributed by atoms with Gasteiger partial charge in [0, 0.05) is 35.1 Å². The Bertz CT molecular complexity index is 1230. The first-order valence-electron chi connectivity index (χ1n) is 13.1. The highest BCUT2D eigenvalue weighted by Gasteiger charge is 2.27. The highest BCUT2D eigenvalue weighted by molar-refractivity contribution is 5.97. The number of nitrogens with zero attached hydrogens (tertiary/aromatic N) is 1. The summed E-state index contributed by atoms with van der Waals surface area (Å²) in [5.74, 6) is 0.409. The van der Waals surface area contributed by atoms with Crippen molar-refractivity contribution in [3.8, 4) is 11.3 Å². The van der Waals surface area contributed by atoms with Crippen LogP contribution in [0.1, 0.15) is 80.3 Å². The van der Waals surface area contributed by atoms with E-state index in [-0.39, 0.29) is 0 Å². The Labute approximate surface area is 219 Å². The van der Waals surface area contributed by atoms with Crippen LogP contribution in [0.25, 0.3) is 22.2 Å². The maximum absolute atomic E-state index is 12.4. The molecule has 37 heavy (non-hydrogen) atoms. The van der Waals surface area contributed by atoms with Gasteiger partial charge in [0.05, 0.1) is 12.8 Å². The minimum Gasteiger partial charge on any atom is -0.444 e. The number of aldehydes is 1. The Hall–Kier alpha value is -3.16. The molecule has 0 radical (unpaired) electrons. The highest BCUT2D eigenvalue weighted by atomic mass is 17.2. The van der Waals surface area contributed by atoms with Gasteiger partial charge in [-0.25, -0.2) is 14.6 Å². The van der Waals surface area contributed by atoms with Crippen LogP contribution in [0, 0.1) is 0 Å². The van der Waals surface area contributed by atoms with Gasteiger partial charge in [-0.1, -0.05) is 55.7 Å². The summed E-state index contributed by atoms with van der Waals surface area (Å²) in [6.07, 6.45) is 6.39. The van der Waals surface area contributed by atoms with Crippen molar-refractivity contribution in [3.05, 3.63) is 59.2 Å². The summed E-state index contributed by atoms with van der Waals surface area (Å²) in [5, 5.41) is 4.08. The molecule has 1 amide bonds. The molecule has 3 aromatic rings. The largest absolute Gasteiger partial charge is 0.444 e. The monoisotopic (exact) mass is 506 g/mol. The molecule has 198 valence electrons. The van der Waals surface area contributed by atoms with Crippen LogP contribution in [0.15, 0.2) is 42.5 Å². The molecule has 4 rings (SSSR count). The Kier molecular flexibility index (Phi) is 8.67. The number of benzene rings is 2. The number of fused-ring (bicyclic) bond motifs is 1. The highest BCUT2D eigenvalue weighted by Crippen LogP contribution is 2.44. The summed E-state index contributed by atoms with van der Waals surface area (Å²) in [5.41, 5.74) is 5.40. The van der Waals surface area contributed by atoms with Crippen molar-refractivity contribution in [1.82, 2.24) is 9.88 Å². The number of carbonyl (C=O) groups excluding carboxylic acids is 2. The van der Waals surface area contributed by atoms with Crippen molar-refractivity contribution in [2.75, 3.05) is 13.7 Å². The third-order valence-corrected chi connectivity index (χ3v) is 6.87. The molecule has 0 spiro atoms. The maximum atomic E-state index is 12.4. The van der Waals surface area contributed by atoms with Crippen molar-refractivity contribution in [3.63, 3.8) is 0 Å². The number of hydrogen-bond donors (Lipinski definition) is 1. The lowest BCUT2D eigenvalue weighted by molar-refractivity contribution is -0.282. The van der Waals surface area contributed by atoms with Crippen LogP contribution < -0.4 is 5.32 Å². The van der Waals surface area contributed by atoms with Crippen LogP contribution in [0.5, 0.6) is 0 Å². The first-order chi connectivity index (χ1) is 17.8. The van der Waals surface area contributed by atoms with Crippen molar-refractivity contribution in [1.29, 1.82) is 0 Å². The Balaban J connectivity index is 1.85. The molecule has 0 atom stereocenters. The van der Waals surface area contributed by atoms with Gasteiger partial charge in [-0.05, 0) is 56.7 Å². The van der Waals surface area contributed by atoms with Crippen molar-refractivity contribution in [2.24, 2.45) is 0 Å². The number of rotatable bonds is 9. The number of amides is 1. The van der Waals surface area contributed by atoms with E-state index in [9.17, 15) is 9.59 Å². The fourth-order valence-corrected chi connectivity index (χ4v) is 5.37. The van der Waals surface area contributed by atoms with Gasteiger partial charge in [0.25, 0.3) is 0 Å². The fourth-order valence-electron chi connectivity index (χ4n) is 5.37. The van der Waals surface area contributed by atoms with Gasteiger partial charge in [-0.15, -0.1) is 0 Å². The molecule has 0 aliphatic heterocycles. The molecule has 1 fully saturated rings. The topological polar surface area (TPSA) is 78.8 Å². The lowest BCUT2D eigenvalue weighted by Gasteiger charge is -2.24. The van der Waals surface area contributed by atoms with Crippen LogP contribution in [-0.4, -0.2) is 36.2 Å². The Morgan fingerprint density at radius 3 is 2.57 bits per heavy atom. The summed E-state index contributed by atoms with van der Waals surface area (Å²) >= 11 is 0. The summed E-state index contributed by atoms with van der Waals surface area (Å²) in [6.45, 7) is 6.78. The number of nitrogens with one attached hydrogen (secondary N) is 1. The predicted molar refractivity (Wildman–Crippen MR) is 145 cm³/mol. The number of hydrogen-bond acceptors (Lipinski definition) is 5. The SMILES string of the molecule is COOCc1ccc2c(C3CCCCC3)c(-c3ccccc3C=O)n(CCNC(=O)OC(C)(C)C)c2c1. The van der Waals surface area contributed by atoms with Gasteiger partial charge in [0.1, 0.15) is 12.2 Å². The third-order valence-electron chi connectivity index (χ3n) is 6.87. The zero-order valence-corrected chi connectivity index (χ0v) is 22.3. The molecule has 0 saturated heterocycles. The van der Waals surface area contributed by atoms with E-state index >= 15 is 0 Å². The smallest absolute Gasteiger partial charge is 0.407 e. The van der Waals surface area contributed by atoms with Gasteiger partial charge in [0.15, 0.2) is 6.29 Å². The molecule has 2 aromatic carbocycles. The molecule has 0 bridgehead atoms. The molecule has 0 unspecified atom stereocenters. The van der Waals surface area contributed by atoms with Crippen molar-refractivity contribution < 1.29 is 24.1 Å². The molecule has 7 nitrogen and oxygen atoms in total. The minimum atomic E-state index is -0.567. The fraction of sp³-hybridized carbons (Fsp3) is 0.467. The predicted octanol–water partition coefficient (Wildman–Crippen LogP) is 6.77. The molecular weight excluding hydrogens is 468 g/mol. The van der Waals surface area contributed by atoms with Gasteiger partial charge in [0.2, 0.25) is 0 Å². The number of alkyl carbamates (subject to hydrolysis) is 1. The van der Waals surface area contributed by atoms with E-state index in [4.69, 9.17) is 14.5 Å². The standard InChI is InChI=1S/C30H38N2O5/c1-30(2,3)37-29(34)31-16-17-32-26-18-21(20-36-35-4)14-15-25(26)27(22-10-6-5-7-11-22)28(32)24-13-9-8-12-23(24)19-33/h8-9,12-15,18-19,22H,5-7,10-11,16-17,20H2,1-4H3,(H,31,34). The second-order valence-electron chi connectivity index (χ2n) is 10.7. The number of aromatic nitrogens is 1. The first-order valence-corrected chi connectivity index (χ1v) is 13.1. The van der Waals surface area contributed by atoms with Gasteiger partial charge in [-0.3, -0.25) is 4.79 Å². The van der Waals surface area contributed by atoms with E-state index in [2.05, 4.69) is 28.1 Å². The lowest BCUT2D eigenvalue weighted by Crippen LogP contribution is -2.34. The summed E-state index contributed by atoms with van der Waals surface area (Å²) in [7, 11) is 1.50. The molecule has 1 aliphatic rings. The Morgan fingerprint density at radius 2 is 1.86 bits per heavy atom. The van der Waals surface area contributed by atoms with E-state index in [1.807, 2.05) is 45.0 Å². The maximum Gasteiger partial charge on any atom is 0.407 e. The molecule has 1 heterocycles. The van der Waals surface area contributed by atoms with Crippen LogP contribution in [0.4, 0.5) is 4.79 Å². The van der Waals surface area contributed by atoms with E-state index in [0.29, 0.717) is 31.2 Å². The molecular formula is C30H38N2O5. The lowest BCUT2D eigenvalue weighted by atomic mass is 9.81. The number of carbonyl (C=O) groups is 2. The molecule has 1 aromatic heterocycles. The zero-order chi connectivity index (χ0) is 26.4. The molecule has 7 heteroatoms. The Morgan fingerprint density at radius 1 is 1.11 bits per heavy atom. The summed E-state index contributed by atoms with van der Waals surface area (Å²) in [6, 6.07) is 14.1. The average molecular weight is 507 g/mol. The summed E-state index contributed by atoms with van der Waals surface area (Å²) in [4.78, 5) is 34.5. The van der Waals surface area contributed by atoms with E-state index in [0.717, 1.165) is 41.5 Å². The minimum absolute atomic E-state index is 0.326. The average Bonchev–Trinajstić information content (AvgIpc) is 3.20. The molecule has 1 aliphatic carbocycles. The van der Waals surface area contributed by atoms with Gasteiger partial charge >= 0.3 is 6.09 Å². The first kappa shape index (κ1) is 26.9. The molecule has 1 saturated carbocycles. The van der Waals surface area contributed by atoms with Crippen molar-refractivity contribution in [2.45, 2.75) is 77.5 Å². The molecule has 1 N–H and O–H groups in total. The van der Waals surface area contributed by atoms with Crippen LogP contribution in [-0.2, 0) is 27.7 Å². The quantitative estimate of drug-likeness (QED) is 0.197.